The van der Waals surface area contributed by atoms with Crippen molar-refractivity contribution in [1.82, 2.24) is 5.32 Å². The van der Waals surface area contributed by atoms with Crippen LogP contribution in [0.1, 0.15) is 25.3 Å². The second kappa shape index (κ2) is 6.10. The van der Waals surface area contributed by atoms with Gasteiger partial charge in [-0.3, -0.25) is 0 Å². The Kier molecular flexibility index (Phi) is 4.48. The smallest absolute Gasteiger partial charge is 0.119 e. The Balaban J connectivity index is 2.10. The fourth-order valence-electron chi connectivity index (χ4n) is 2.70. The normalized spacial score (nSPS) is 19.9. The topological polar surface area (TPSA) is 24.5 Å². The molecule has 2 rings (SSSR count). The van der Waals surface area contributed by atoms with Gasteiger partial charge in [-0.2, -0.15) is 0 Å². The number of hydrogen-bond acceptors (Lipinski definition) is 3. The zero-order valence-electron chi connectivity index (χ0n) is 11.7. The van der Waals surface area contributed by atoms with Crippen molar-refractivity contribution >= 4 is 5.69 Å². The molecule has 1 fully saturated rings. The monoisotopic (exact) mass is 248 g/mol. The van der Waals surface area contributed by atoms with Gasteiger partial charge in [0.05, 0.1) is 7.11 Å². The SMILES string of the molecule is CCCC1CN(c2ccc(OC)cc2C)CCN1. The molecular formula is C15H24N2O. The first kappa shape index (κ1) is 13.2. The summed E-state index contributed by atoms with van der Waals surface area (Å²) in [6.07, 6.45) is 2.50. The lowest BCUT2D eigenvalue weighted by atomic mass is 10.1. The maximum atomic E-state index is 5.27. The first-order valence-corrected chi connectivity index (χ1v) is 6.87. The number of nitrogens with zero attached hydrogens (tertiary/aromatic N) is 1. The van der Waals surface area contributed by atoms with E-state index in [-0.39, 0.29) is 0 Å². The summed E-state index contributed by atoms with van der Waals surface area (Å²) in [5.74, 6) is 0.941. The van der Waals surface area contributed by atoms with Gasteiger partial charge >= 0.3 is 0 Å². The van der Waals surface area contributed by atoms with E-state index in [1.165, 1.54) is 24.1 Å². The number of benzene rings is 1. The minimum Gasteiger partial charge on any atom is -0.497 e. The maximum absolute atomic E-state index is 5.27. The molecule has 1 aromatic rings. The van der Waals surface area contributed by atoms with E-state index in [1.807, 2.05) is 0 Å². The van der Waals surface area contributed by atoms with Gasteiger partial charge < -0.3 is 15.0 Å². The summed E-state index contributed by atoms with van der Waals surface area (Å²) >= 11 is 0. The van der Waals surface area contributed by atoms with E-state index in [2.05, 4.69) is 42.3 Å². The van der Waals surface area contributed by atoms with Crippen LogP contribution in [0, 0.1) is 6.92 Å². The summed E-state index contributed by atoms with van der Waals surface area (Å²) < 4.78 is 5.27. The van der Waals surface area contributed by atoms with E-state index in [0.717, 1.165) is 25.4 Å². The molecule has 0 radical (unpaired) electrons. The Morgan fingerprint density at radius 2 is 2.28 bits per heavy atom. The van der Waals surface area contributed by atoms with Crippen LogP contribution in [-0.2, 0) is 0 Å². The minimum absolute atomic E-state index is 0.630. The van der Waals surface area contributed by atoms with Crippen molar-refractivity contribution in [2.75, 3.05) is 31.6 Å². The molecule has 0 amide bonds. The van der Waals surface area contributed by atoms with Gasteiger partial charge in [0.25, 0.3) is 0 Å². The highest BCUT2D eigenvalue weighted by Gasteiger charge is 2.19. The zero-order valence-corrected chi connectivity index (χ0v) is 11.7. The summed E-state index contributed by atoms with van der Waals surface area (Å²) in [6.45, 7) is 7.69. The lowest BCUT2D eigenvalue weighted by Gasteiger charge is -2.36. The molecule has 0 aliphatic carbocycles. The van der Waals surface area contributed by atoms with Gasteiger partial charge in [0.2, 0.25) is 0 Å². The third kappa shape index (κ3) is 2.96. The fraction of sp³-hybridized carbons (Fsp3) is 0.600. The number of hydrogen-bond donors (Lipinski definition) is 1. The molecule has 3 heteroatoms. The molecule has 1 aliphatic rings. The molecule has 0 saturated carbocycles. The van der Waals surface area contributed by atoms with Crippen LogP contribution >= 0.6 is 0 Å². The lowest BCUT2D eigenvalue weighted by Crippen LogP contribution is -2.50. The van der Waals surface area contributed by atoms with Crippen molar-refractivity contribution in [3.63, 3.8) is 0 Å². The Morgan fingerprint density at radius 1 is 1.44 bits per heavy atom. The van der Waals surface area contributed by atoms with Gasteiger partial charge in [-0.05, 0) is 37.1 Å². The largest absolute Gasteiger partial charge is 0.497 e. The predicted octanol–water partition coefficient (Wildman–Crippen LogP) is 2.58. The van der Waals surface area contributed by atoms with E-state index in [0.29, 0.717) is 6.04 Å². The molecular weight excluding hydrogens is 224 g/mol. The van der Waals surface area contributed by atoms with Crippen molar-refractivity contribution in [2.45, 2.75) is 32.7 Å². The molecule has 100 valence electrons. The molecule has 0 bridgehead atoms. The number of aryl methyl sites for hydroxylation is 1. The molecule has 0 aromatic heterocycles. The molecule has 18 heavy (non-hydrogen) atoms. The van der Waals surface area contributed by atoms with Crippen LogP contribution in [0.5, 0.6) is 5.75 Å². The molecule has 1 N–H and O–H groups in total. The Labute approximate surface area is 110 Å². The van der Waals surface area contributed by atoms with Crippen molar-refractivity contribution < 1.29 is 4.74 Å². The van der Waals surface area contributed by atoms with Crippen molar-refractivity contribution in [3.8, 4) is 5.75 Å². The van der Waals surface area contributed by atoms with Crippen LogP contribution in [0.15, 0.2) is 18.2 Å². The molecule has 1 atom stereocenters. The van der Waals surface area contributed by atoms with Gasteiger partial charge in [-0.1, -0.05) is 13.3 Å². The standard InChI is InChI=1S/C15H24N2O/c1-4-5-13-11-17(9-8-16-13)15-7-6-14(18-3)10-12(15)2/h6-7,10,13,16H,4-5,8-9,11H2,1-3H3. The predicted molar refractivity (Wildman–Crippen MR) is 76.6 cm³/mol. The van der Waals surface area contributed by atoms with Crippen LogP contribution in [0.2, 0.25) is 0 Å². The number of ether oxygens (including phenoxy) is 1. The summed E-state index contributed by atoms with van der Waals surface area (Å²) in [4.78, 5) is 2.49. The average molecular weight is 248 g/mol. The molecule has 1 aliphatic heterocycles. The van der Waals surface area contributed by atoms with Crippen molar-refractivity contribution in [1.29, 1.82) is 0 Å². The highest BCUT2D eigenvalue weighted by molar-refractivity contribution is 5.56. The summed E-state index contributed by atoms with van der Waals surface area (Å²) in [6, 6.07) is 6.98. The summed E-state index contributed by atoms with van der Waals surface area (Å²) in [7, 11) is 1.72. The molecule has 1 unspecified atom stereocenters. The van der Waals surface area contributed by atoms with E-state index in [4.69, 9.17) is 4.74 Å². The van der Waals surface area contributed by atoms with E-state index >= 15 is 0 Å². The highest BCUT2D eigenvalue weighted by Crippen LogP contribution is 2.25. The quantitative estimate of drug-likeness (QED) is 0.886. The van der Waals surface area contributed by atoms with E-state index in [1.54, 1.807) is 7.11 Å². The molecule has 0 spiro atoms. The van der Waals surface area contributed by atoms with Crippen LogP contribution in [0.25, 0.3) is 0 Å². The highest BCUT2D eigenvalue weighted by atomic mass is 16.5. The second-order valence-corrected chi connectivity index (χ2v) is 5.04. The minimum atomic E-state index is 0.630. The fourth-order valence-corrected chi connectivity index (χ4v) is 2.70. The first-order chi connectivity index (χ1) is 8.74. The third-order valence-electron chi connectivity index (χ3n) is 3.64. The lowest BCUT2D eigenvalue weighted by molar-refractivity contribution is 0.413. The van der Waals surface area contributed by atoms with Crippen LogP contribution < -0.4 is 15.0 Å². The number of methoxy groups -OCH3 is 1. The van der Waals surface area contributed by atoms with E-state index in [9.17, 15) is 0 Å². The van der Waals surface area contributed by atoms with Gasteiger partial charge in [-0.25, -0.2) is 0 Å². The number of piperazine rings is 1. The maximum Gasteiger partial charge on any atom is 0.119 e. The van der Waals surface area contributed by atoms with Gasteiger partial charge in [0.1, 0.15) is 5.75 Å². The van der Waals surface area contributed by atoms with Crippen LogP contribution in [-0.4, -0.2) is 32.8 Å². The van der Waals surface area contributed by atoms with Gasteiger partial charge in [0.15, 0.2) is 0 Å². The number of anilines is 1. The molecule has 1 heterocycles. The molecule has 1 aromatic carbocycles. The third-order valence-corrected chi connectivity index (χ3v) is 3.64. The Morgan fingerprint density at radius 3 is 2.94 bits per heavy atom. The van der Waals surface area contributed by atoms with Crippen molar-refractivity contribution in [2.24, 2.45) is 0 Å². The summed E-state index contributed by atoms with van der Waals surface area (Å²) in [5.41, 5.74) is 2.64. The average Bonchev–Trinajstić information content (AvgIpc) is 2.39. The van der Waals surface area contributed by atoms with Gasteiger partial charge in [0, 0.05) is 31.4 Å². The van der Waals surface area contributed by atoms with Crippen LogP contribution in [0.3, 0.4) is 0 Å². The van der Waals surface area contributed by atoms with Crippen LogP contribution in [0.4, 0.5) is 5.69 Å². The summed E-state index contributed by atoms with van der Waals surface area (Å²) in [5, 5.41) is 3.60. The Hall–Kier alpha value is -1.22. The first-order valence-electron chi connectivity index (χ1n) is 6.87. The second-order valence-electron chi connectivity index (χ2n) is 5.04. The molecule has 3 nitrogen and oxygen atoms in total. The number of nitrogens with one attached hydrogen (secondary N) is 1. The van der Waals surface area contributed by atoms with Gasteiger partial charge in [-0.15, -0.1) is 0 Å². The zero-order chi connectivity index (χ0) is 13.0. The Bertz CT molecular complexity index is 390. The van der Waals surface area contributed by atoms with Crippen molar-refractivity contribution in [3.05, 3.63) is 23.8 Å². The van der Waals surface area contributed by atoms with E-state index < -0.39 is 0 Å². The molecule has 1 saturated heterocycles. The number of rotatable bonds is 4.